The van der Waals surface area contributed by atoms with E-state index in [1.165, 1.54) is 0 Å². The quantitative estimate of drug-likeness (QED) is 0.307. The first-order valence-electron chi connectivity index (χ1n) is 12.8. The molecular formula is C30H36N4O3. The number of benzene rings is 3. The van der Waals surface area contributed by atoms with Crippen LogP contribution in [0, 0.1) is 0 Å². The molecule has 0 saturated carbocycles. The third-order valence-electron chi connectivity index (χ3n) is 5.94. The van der Waals surface area contributed by atoms with Crippen LogP contribution in [0.1, 0.15) is 65.9 Å². The van der Waals surface area contributed by atoms with Gasteiger partial charge in [0, 0.05) is 35.6 Å². The molecule has 0 aromatic heterocycles. The lowest BCUT2D eigenvalue weighted by Gasteiger charge is -2.21. The molecule has 1 atom stereocenters. The Hall–Kier alpha value is -4.13. The first kappa shape index (κ1) is 27.5. The monoisotopic (exact) mass is 500 g/mol. The summed E-state index contributed by atoms with van der Waals surface area (Å²) in [4.78, 5) is 39.5. The van der Waals surface area contributed by atoms with Crippen LogP contribution in [0.5, 0.6) is 0 Å². The first-order chi connectivity index (χ1) is 17.9. The summed E-state index contributed by atoms with van der Waals surface area (Å²) in [5.41, 5.74) is 3.55. The van der Waals surface area contributed by atoms with Gasteiger partial charge < -0.3 is 20.9 Å². The average Bonchev–Trinajstić information content (AvgIpc) is 2.92. The summed E-state index contributed by atoms with van der Waals surface area (Å²) in [7, 11) is 0. The summed E-state index contributed by atoms with van der Waals surface area (Å²) in [6, 6.07) is 23.6. The van der Waals surface area contributed by atoms with Gasteiger partial charge in [-0.25, -0.2) is 0 Å². The fourth-order valence-corrected chi connectivity index (χ4v) is 3.97. The average molecular weight is 501 g/mol. The van der Waals surface area contributed by atoms with Gasteiger partial charge in [0.05, 0.1) is 12.6 Å². The van der Waals surface area contributed by atoms with Crippen LogP contribution in [0.3, 0.4) is 0 Å². The maximum atomic E-state index is 12.7. The second-order valence-corrected chi connectivity index (χ2v) is 8.95. The van der Waals surface area contributed by atoms with E-state index in [2.05, 4.69) is 29.8 Å². The van der Waals surface area contributed by atoms with E-state index in [0.717, 1.165) is 37.2 Å². The van der Waals surface area contributed by atoms with Crippen molar-refractivity contribution in [3.05, 3.63) is 95.6 Å². The van der Waals surface area contributed by atoms with Gasteiger partial charge >= 0.3 is 0 Å². The minimum Gasteiger partial charge on any atom is -0.376 e. The Bertz CT molecular complexity index is 1160. The van der Waals surface area contributed by atoms with Crippen molar-refractivity contribution in [3.63, 3.8) is 0 Å². The summed E-state index contributed by atoms with van der Waals surface area (Å²) < 4.78 is 0. The first-order valence-corrected chi connectivity index (χ1v) is 12.8. The molecule has 3 aromatic carbocycles. The van der Waals surface area contributed by atoms with E-state index in [9.17, 15) is 14.4 Å². The number of carbonyl (C=O) groups is 3. The van der Waals surface area contributed by atoms with E-state index in [1.807, 2.05) is 42.2 Å². The number of nitrogens with one attached hydrogen (secondary N) is 3. The van der Waals surface area contributed by atoms with Crippen molar-refractivity contribution in [3.8, 4) is 0 Å². The molecule has 0 saturated heterocycles. The van der Waals surface area contributed by atoms with Crippen LogP contribution in [0.2, 0.25) is 0 Å². The zero-order valence-electron chi connectivity index (χ0n) is 21.8. The summed E-state index contributed by atoms with van der Waals surface area (Å²) in [6.07, 6.45) is 1.84. The van der Waals surface area contributed by atoms with Crippen molar-refractivity contribution in [2.24, 2.45) is 0 Å². The molecule has 0 aliphatic rings. The van der Waals surface area contributed by atoms with E-state index in [1.54, 1.807) is 48.5 Å². The summed E-state index contributed by atoms with van der Waals surface area (Å²) in [5.74, 6) is -0.364. The normalized spacial score (nSPS) is 11.3. The highest BCUT2D eigenvalue weighted by Crippen LogP contribution is 2.15. The molecule has 0 aliphatic heterocycles. The van der Waals surface area contributed by atoms with Crippen molar-refractivity contribution >= 4 is 29.1 Å². The minimum absolute atomic E-state index is 0.0274. The number of amides is 3. The number of carbonyl (C=O) groups excluding carboxylic acids is 3. The lowest BCUT2D eigenvalue weighted by atomic mass is 10.1. The molecule has 1 unspecified atom stereocenters. The maximum absolute atomic E-state index is 12.7. The molecule has 3 rings (SSSR count). The van der Waals surface area contributed by atoms with Gasteiger partial charge in [0.15, 0.2) is 0 Å². The number of nitrogens with zero attached hydrogens (tertiary/aromatic N) is 1. The van der Waals surface area contributed by atoms with E-state index in [-0.39, 0.29) is 30.3 Å². The van der Waals surface area contributed by atoms with Gasteiger partial charge in [-0.3, -0.25) is 14.4 Å². The Morgan fingerprint density at radius 2 is 1.32 bits per heavy atom. The number of hydrogen-bond donors (Lipinski definition) is 3. The fourth-order valence-electron chi connectivity index (χ4n) is 3.97. The number of anilines is 2. The van der Waals surface area contributed by atoms with Crippen molar-refractivity contribution < 1.29 is 14.4 Å². The van der Waals surface area contributed by atoms with E-state index < -0.39 is 0 Å². The standard InChI is InChI=1S/C30H36N4O3/c1-4-19-34(20-5-2)30(37)25-13-15-26(16-14-25)31-21-28(35)33-27-17-11-24(12-18-27)29(36)32-22(3)23-9-7-6-8-10-23/h6-18,22,31H,4-5,19-21H2,1-3H3,(H,32,36)(H,33,35). The smallest absolute Gasteiger partial charge is 0.253 e. The van der Waals surface area contributed by atoms with Crippen molar-refractivity contribution in [2.45, 2.75) is 39.7 Å². The molecular weight excluding hydrogens is 464 g/mol. The van der Waals surface area contributed by atoms with Crippen LogP contribution < -0.4 is 16.0 Å². The van der Waals surface area contributed by atoms with Gasteiger partial charge in [-0.05, 0) is 73.9 Å². The Labute approximate surface area is 219 Å². The van der Waals surface area contributed by atoms with Crippen LogP contribution in [0.4, 0.5) is 11.4 Å². The predicted octanol–water partition coefficient (Wildman–Crippen LogP) is 5.49. The Morgan fingerprint density at radius 3 is 1.92 bits per heavy atom. The molecule has 194 valence electrons. The fraction of sp³-hybridized carbons (Fsp3) is 0.300. The lowest BCUT2D eigenvalue weighted by molar-refractivity contribution is -0.114. The Kier molecular flexibility index (Phi) is 10.3. The molecule has 37 heavy (non-hydrogen) atoms. The van der Waals surface area contributed by atoms with Crippen molar-refractivity contribution in [1.29, 1.82) is 0 Å². The van der Waals surface area contributed by atoms with E-state index in [4.69, 9.17) is 0 Å². The molecule has 0 radical (unpaired) electrons. The van der Waals surface area contributed by atoms with Gasteiger partial charge in [-0.2, -0.15) is 0 Å². The second kappa shape index (κ2) is 13.8. The molecule has 3 amide bonds. The number of hydrogen-bond acceptors (Lipinski definition) is 4. The number of rotatable bonds is 12. The van der Waals surface area contributed by atoms with Gasteiger partial charge in [0.1, 0.15) is 0 Å². The highest BCUT2D eigenvalue weighted by atomic mass is 16.2. The van der Waals surface area contributed by atoms with Crippen LogP contribution >= 0.6 is 0 Å². The molecule has 0 heterocycles. The molecule has 0 bridgehead atoms. The van der Waals surface area contributed by atoms with E-state index >= 15 is 0 Å². The summed E-state index contributed by atoms with van der Waals surface area (Å²) in [5, 5.41) is 8.88. The van der Waals surface area contributed by atoms with Gasteiger partial charge in [-0.1, -0.05) is 44.2 Å². The zero-order valence-corrected chi connectivity index (χ0v) is 21.8. The topological polar surface area (TPSA) is 90.5 Å². The Morgan fingerprint density at radius 1 is 0.757 bits per heavy atom. The van der Waals surface area contributed by atoms with Crippen LogP contribution in [-0.4, -0.2) is 42.3 Å². The van der Waals surface area contributed by atoms with Crippen LogP contribution in [0.15, 0.2) is 78.9 Å². The zero-order chi connectivity index (χ0) is 26.6. The third kappa shape index (κ3) is 8.20. The molecule has 0 spiro atoms. The second-order valence-electron chi connectivity index (χ2n) is 8.95. The molecule has 3 N–H and O–H groups in total. The summed E-state index contributed by atoms with van der Waals surface area (Å²) in [6.45, 7) is 7.62. The molecule has 0 aliphatic carbocycles. The highest BCUT2D eigenvalue weighted by molar-refractivity contribution is 5.97. The van der Waals surface area contributed by atoms with E-state index in [0.29, 0.717) is 16.8 Å². The third-order valence-corrected chi connectivity index (χ3v) is 5.94. The van der Waals surface area contributed by atoms with Crippen molar-refractivity contribution in [2.75, 3.05) is 30.3 Å². The molecule has 7 nitrogen and oxygen atoms in total. The molecule has 7 heteroatoms. The Balaban J connectivity index is 1.47. The van der Waals surface area contributed by atoms with Crippen LogP contribution in [-0.2, 0) is 4.79 Å². The molecule has 0 fully saturated rings. The lowest BCUT2D eigenvalue weighted by Crippen LogP contribution is -2.32. The maximum Gasteiger partial charge on any atom is 0.253 e. The summed E-state index contributed by atoms with van der Waals surface area (Å²) >= 11 is 0. The van der Waals surface area contributed by atoms with Crippen LogP contribution in [0.25, 0.3) is 0 Å². The van der Waals surface area contributed by atoms with Gasteiger partial charge in [0.25, 0.3) is 11.8 Å². The minimum atomic E-state index is -0.216. The van der Waals surface area contributed by atoms with Crippen molar-refractivity contribution in [1.82, 2.24) is 10.2 Å². The van der Waals surface area contributed by atoms with Gasteiger partial charge in [0.2, 0.25) is 5.91 Å². The largest absolute Gasteiger partial charge is 0.376 e. The van der Waals surface area contributed by atoms with Gasteiger partial charge in [-0.15, -0.1) is 0 Å². The SMILES string of the molecule is CCCN(CCC)C(=O)c1ccc(NCC(=O)Nc2ccc(C(=O)NC(C)c3ccccc3)cc2)cc1. The predicted molar refractivity (Wildman–Crippen MR) is 149 cm³/mol. The highest BCUT2D eigenvalue weighted by Gasteiger charge is 2.14. The molecule has 3 aromatic rings.